The van der Waals surface area contributed by atoms with Gasteiger partial charge in [-0.3, -0.25) is 34.2 Å². The normalized spacial score (nSPS) is 26.2. The highest BCUT2D eigenvalue weighted by molar-refractivity contribution is 6.27. The van der Waals surface area contributed by atoms with E-state index in [-0.39, 0.29) is 18.2 Å². The van der Waals surface area contributed by atoms with E-state index >= 15 is 0 Å². The maximum atomic E-state index is 13.5. The summed E-state index contributed by atoms with van der Waals surface area (Å²) in [4.78, 5) is 42.2. The van der Waals surface area contributed by atoms with Crippen LogP contribution in [0.4, 0.5) is 5.69 Å². The standard InChI is InChI=1S/C33H37N5O3/c39-29-10-9-27(31(40)35-29)38-26-8-7-22(24-4-1-5-25(30(24)26)32(38)41)18-21-19-34-37(20-21)23-11-16-36(17-12-23)28-6-2-13-33(28)14-3-15-33/h1,4-5,7-8,19-20,23,27-28H,2-3,6,9-18H2,(H,35,39,40)/t27?,28-/m1/s1. The number of nitrogens with one attached hydrogen (secondary N) is 1. The highest BCUT2D eigenvalue weighted by Gasteiger charge is 2.49. The zero-order chi connectivity index (χ0) is 27.7. The third-order valence-electron chi connectivity index (χ3n) is 10.9. The van der Waals surface area contributed by atoms with Gasteiger partial charge in [-0.25, -0.2) is 0 Å². The topological polar surface area (TPSA) is 87.5 Å². The molecule has 1 unspecified atom stereocenters. The van der Waals surface area contributed by atoms with Crippen molar-refractivity contribution >= 4 is 34.2 Å². The van der Waals surface area contributed by atoms with Gasteiger partial charge in [0.25, 0.3) is 5.91 Å². The van der Waals surface area contributed by atoms with Crippen LogP contribution in [-0.2, 0) is 16.0 Å². The number of hydrogen-bond donors (Lipinski definition) is 1. The van der Waals surface area contributed by atoms with Gasteiger partial charge < -0.3 is 0 Å². The molecule has 2 saturated heterocycles. The molecule has 2 aliphatic carbocycles. The maximum Gasteiger partial charge on any atom is 0.259 e. The number of nitrogens with zero attached hydrogens (tertiary/aromatic N) is 4. The molecule has 41 heavy (non-hydrogen) atoms. The third kappa shape index (κ3) is 3.97. The number of aromatic nitrogens is 2. The highest BCUT2D eigenvalue weighted by Crippen LogP contribution is 2.55. The number of imide groups is 1. The van der Waals surface area contributed by atoms with Crippen LogP contribution in [0, 0.1) is 5.41 Å². The largest absolute Gasteiger partial charge is 0.300 e. The fraction of sp³-hybridized carbons (Fsp3) is 0.515. The molecule has 2 aromatic carbocycles. The van der Waals surface area contributed by atoms with E-state index in [1.54, 1.807) is 4.90 Å². The molecule has 2 atom stereocenters. The van der Waals surface area contributed by atoms with Crippen LogP contribution in [0.1, 0.15) is 91.7 Å². The Bertz CT molecular complexity index is 1560. The van der Waals surface area contributed by atoms with E-state index in [4.69, 9.17) is 5.10 Å². The molecule has 2 saturated carbocycles. The summed E-state index contributed by atoms with van der Waals surface area (Å²) >= 11 is 0. The fourth-order valence-corrected chi connectivity index (χ4v) is 8.71. The summed E-state index contributed by atoms with van der Waals surface area (Å²) < 4.78 is 2.19. The summed E-state index contributed by atoms with van der Waals surface area (Å²) in [5.74, 6) is -0.848. The summed E-state index contributed by atoms with van der Waals surface area (Å²) in [6, 6.07) is 10.5. The van der Waals surface area contributed by atoms with Crippen LogP contribution in [0.5, 0.6) is 0 Å². The lowest BCUT2D eigenvalue weighted by Gasteiger charge is -2.49. The summed E-state index contributed by atoms with van der Waals surface area (Å²) in [5.41, 5.74) is 4.34. The van der Waals surface area contributed by atoms with Crippen molar-refractivity contribution in [3.63, 3.8) is 0 Å². The molecule has 1 spiro atoms. The number of amides is 3. The van der Waals surface area contributed by atoms with Crippen molar-refractivity contribution in [3.8, 4) is 0 Å². The quantitative estimate of drug-likeness (QED) is 0.463. The average Bonchev–Trinajstić information content (AvgIpc) is 3.68. The Labute approximate surface area is 240 Å². The minimum atomic E-state index is -0.667. The molecule has 4 heterocycles. The summed E-state index contributed by atoms with van der Waals surface area (Å²) in [7, 11) is 0. The second-order valence-electron chi connectivity index (χ2n) is 13.0. The molecule has 3 aromatic rings. The van der Waals surface area contributed by atoms with E-state index in [1.807, 2.05) is 24.4 Å². The van der Waals surface area contributed by atoms with Crippen molar-refractivity contribution in [2.45, 2.75) is 88.8 Å². The lowest BCUT2D eigenvalue weighted by atomic mass is 9.64. The lowest BCUT2D eigenvalue weighted by molar-refractivity contribution is -0.134. The fourth-order valence-electron chi connectivity index (χ4n) is 8.71. The number of hydrogen-bond acceptors (Lipinski definition) is 5. The van der Waals surface area contributed by atoms with Gasteiger partial charge in [-0.15, -0.1) is 0 Å². The Hall–Kier alpha value is -3.52. The Balaban J connectivity index is 0.996. The van der Waals surface area contributed by atoms with Crippen molar-refractivity contribution < 1.29 is 14.4 Å². The number of anilines is 1. The molecule has 1 aromatic heterocycles. The molecule has 5 aliphatic rings. The molecule has 3 aliphatic heterocycles. The molecule has 8 heteroatoms. The molecule has 0 bridgehead atoms. The van der Waals surface area contributed by atoms with Crippen molar-refractivity contribution in [1.29, 1.82) is 0 Å². The Morgan fingerprint density at radius 3 is 2.56 bits per heavy atom. The van der Waals surface area contributed by atoms with E-state index < -0.39 is 11.9 Å². The first-order chi connectivity index (χ1) is 20.0. The highest BCUT2D eigenvalue weighted by atomic mass is 16.2. The number of benzene rings is 2. The van der Waals surface area contributed by atoms with Crippen LogP contribution in [-0.4, -0.2) is 57.6 Å². The van der Waals surface area contributed by atoms with Gasteiger partial charge >= 0.3 is 0 Å². The molecule has 8 nitrogen and oxygen atoms in total. The number of piperidine rings is 2. The zero-order valence-electron chi connectivity index (χ0n) is 23.5. The lowest BCUT2D eigenvalue weighted by Crippen LogP contribution is -2.53. The van der Waals surface area contributed by atoms with Crippen LogP contribution >= 0.6 is 0 Å². The second kappa shape index (κ2) is 9.51. The van der Waals surface area contributed by atoms with E-state index in [1.165, 1.54) is 57.2 Å². The molecule has 8 rings (SSSR count). The van der Waals surface area contributed by atoms with Gasteiger partial charge in [0.2, 0.25) is 11.8 Å². The Morgan fingerprint density at radius 2 is 1.78 bits per heavy atom. The minimum Gasteiger partial charge on any atom is -0.300 e. The monoisotopic (exact) mass is 551 g/mol. The van der Waals surface area contributed by atoms with Crippen LogP contribution in [0.25, 0.3) is 10.8 Å². The van der Waals surface area contributed by atoms with E-state index in [0.717, 1.165) is 47.3 Å². The summed E-state index contributed by atoms with van der Waals surface area (Å²) in [5, 5.41) is 9.14. The van der Waals surface area contributed by atoms with Gasteiger partial charge in [-0.05, 0) is 79.0 Å². The van der Waals surface area contributed by atoms with Gasteiger partial charge in [0.1, 0.15) is 6.04 Å². The smallest absolute Gasteiger partial charge is 0.259 e. The molecule has 3 amide bonds. The SMILES string of the molecule is O=C1CCC(N2C(=O)c3cccc4c(Cc5cnn(C6CCN([C@@H]7CCCC78CCC8)CC6)c5)ccc2c34)C(=O)N1. The Kier molecular flexibility index (Phi) is 5.85. The van der Waals surface area contributed by atoms with Gasteiger partial charge in [0, 0.05) is 49.1 Å². The van der Waals surface area contributed by atoms with E-state index in [0.29, 0.717) is 23.4 Å². The molecule has 4 fully saturated rings. The van der Waals surface area contributed by atoms with Crippen LogP contribution in [0.3, 0.4) is 0 Å². The third-order valence-corrected chi connectivity index (χ3v) is 10.9. The number of likely N-dealkylation sites (tertiary alicyclic amines) is 1. The van der Waals surface area contributed by atoms with Gasteiger partial charge in [-0.1, -0.05) is 31.0 Å². The van der Waals surface area contributed by atoms with Crippen LogP contribution < -0.4 is 10.2 Å². The van der Waals surface area contributed by atoms with Crippen LogP contribution in [0.15, 0.2) is 42.7 Å². The first kappa shape index (κ1) is 25.2. The molecular weight excluding hydrogens is 514 g/mol. The van der Waals surface area contributed by atoms with Crippen molar-refractivity contribution in [1.82, 2.24) is 20.0 Å². The molecule has 0 radical (unpaired) electrons. The Morgan fingerprint density at radius 1 is 0.951 bits per heavy atom. The molecule has 1 N–H and O–H groups in total. The van der Waals surface area contributed by atoms with Crippen LogP contribution in [0.2, 0.25) is 0 Å². The average molecular weight is 552 g/mol. The van der Waals surface area contributed by atoms with Gasteiger partial charge in [0.15, 0.2) is 0 Å². The van der Waals surface area contributed by atoms with E-state index in [2.05, 4.69) is 33.2 Å². The van der Waals surface area contributed by atoms with Crippen molar-refractivity contribution in [3.05, 3.63) is 59.4 Å². The van der Waals surface area contributed by atoms with Gasteiger partial charge in [0.05, 0.1) is 17.9 Å². The number of rotatable bonds is 5. The number of carbonyl (C=O) groups excluding carboxylic acids is 3. The zero-order valence-corrected chi connectivity index (χ0v) is 23.5. The molecule has 212 valence electrons. The van der Waals surface area contributed by atoms with Crippen molar-refractivity contribution in [2.75, 3.05) is 18.0 Å². The first-order valence-corrected chi connectivity index (χ1v) is 15.5. The maximum absolute atomic E-state index is 13.5. The predicted octanol–water partition coefficient (Wildman–Crippen LogP) is 4.75. The van der Waals surface area contributed by atoms with Crippen molar-refractivity contribution in [2.24, 2.45) is 5.41 Å². The van der Waals surface area contributed by atoms with E-state index in [9.17, 15) is 14.4 Å². The second-order valence-corrected chi connectivity index (χ2v) is 13.0. The first-order valence-electron chi connectivity index (χ1n) is 15.5. The van der Waals surface area contributed by atoms with Gasteiger partial charge in [-0.2, -0.15) is 5.10 Å². The summed E-state index contributed by atoms with van der Waals surface area (Å²) in [6.45, 7) is 2.36. The molecular formula is C33H37N5O3. The predicted molar refractivity (Wildman–Crippen MR) is 156 cm³/mol. The number of carbonyl (C=O) groups is 3. The summed E-state index contributed by atoms with van der Waals surface area (Å²) in [6.07, 6.45) is 16.4. The minimum absolute atomic E-state index is 0.169.